The molecule has 8 heteroatoms. The molecular weight excluding hydrogens is 398 g/mol. The molecule has 5 rings (SSSR count). The number of hydrogen-bond acceptors (Lipinski definition) is 6. The Labute approximate surface area is 178 Å². The molecule has 2 aromatic rings. The molecule has 158 valence electrons. The summed E-state index contributed by atoms with van der Waals surface area (Å²) in [6, 6.07) is 11.6. The number of pyridine rings is 1. The fourth-order valence-corrected chi connectivity index (χ4v) is 5.87. The van der Waals surface area contributed by atoms with Gasteiger partial charge in [0.2, 0.25) is 5.96 Å². The molecule has 0 N–H and O–H groups in total. The van der Waals surface area contributed by atoms with Crippen LogP contribution in [0.15, 0.2) is 58.7 Å². The average molecular weight is 426 g/mol. The highest BCUT2D eigenvalue weighted by atomic mass is 32.2. The first-order valence-electron chi connectivity index (χ1n) is 10.7. The normalized spacial score (nSPS) is 20.9. The summed E-state index contributed by atoms with van der Waals surface area (Å²) in [4.78, 5) is 13.7. The molecular formula is C22H27N5O2S. The van der Waals surface area contributed by atoms with Crippen molar-refractivity contribution >= 4 is 16.0 Å². The quantitative estimate of drug-likeness (QED) is 0.752. The van der Waals surface area contributed by atoms with Gasteiger partial charge in [-0.05, 0) is 42.2 Å². The van der Waals surface area contributed by atoms with Crippen molar-refractivity contribution in [2.45, 2.75) is 30.2 Å². The number of aromatic nitrogens is 1. The summed E-state index contributed by atoms with van der Waals surface area (Å²) in [5.41, 5.74) is 1.92. The first kappa shape index (κ1) is 19.5. The number of hydrogen-bond donors (Lipinski definition) is 0. The molecule has 0 radical (unpaired) electrons. The van der Waals surface area contributed by atoms with Gasteiger partial charge < -0.3 is 4.90 Å². The first-order chi connectivity index (χ1) is 14.6. The molecule has 3 heterocycles. The van der Waals surface area contributed by atoms with Gasteiger partial charge in [-0.2, -0.15) is 0 Å². The van der Waals surface area contributed by atoms with Crippen molar-refractivity contribution in [2.24, 2.45) is 4.99 Å². The van der Waals surface area contributed by atoms with E-state index in [-0.39, 0.29) is 0 Å². The van der Waals surface area contributed by atoms with Crippen LogP contribution in [0.25, 0.3) is 11.1 Å². The van der Waals surface area contributed by atoms with Crippen LogP contribution in [0.1, 0.15) is 19.3 Å². The number of guanidine groups is 1. The van der Waals surface area contributed by atoms with Crippen molar-refractivity contribution in [3.8, 4) is 11.1 Å². The molecule has 1 saturated heterocycles. The maximum Gasteiger partial charge on any atom is 0.266 e. The molecule has 1 aliphatic carbocycles. The van der Waals surface area contributed by atoms with Crippen LogP contribution in [0.4, 0.5) is 0 Å². The van der Waals surface area contributed by atoms with E-state index in [1.54, 1.807) is 24.5 Å². The van der Waals surface area contributed by atoms with Crippen molar-refractivity contribution in [1.82, 2.24) is 19.1 Å². The first-order valence-corrected chi connectivity index (χ1v) is 12.1. The van der Waals surface area contributed by atoms with Gasteiger partial charge in [-0.25, -0.2) is 12.7 Å². The fraction of sp³-hybridized carbons (Fsp3) is 0.455. The van der Waals surface area contributed by atoms with Gasteiger partial charge in [-0.3, -0.25) is 14.9 Å². The Balaban J connectivity index is 1.31. The lowest BCUT2D eigenvalue weighted by molar-refractivity contribution is 0.0833. The minimum Gasteiger partial charge on any atom is -0.339 e. The number of aliphatic imine (C=N–C) groups is 1. The third kappa shape index (κ3) is 3.58. The number of piperazine rings is 1. The zero-order chi connectivity index (χ0) is 20.6. The van der Waals surface area contributed by atoms with E-state index in [9.17, 15) is 8.42 Å². The van der Waals surface area contributed by atoms with Crippen molar-refractivity contribution in [1.29, 1.82) is 0 Å². The predicted octanol–water partition coefficient (Wildman–Crippen LogP) is 2.28. The fourth-order valence-electron chi connectivity index (χ4n) is 4.42. The summed E-state index contributed by atoms with van der Waals surface area (Å²) in [5, 5.41) is 0. The van der Waals surface area contributed by atoms with Crippen LogP contribution in [0.2, 0.25) is 0 Å². The Morgan fingerprint density at radius 1 is 0.900 bits per heavy atom. The third-order valence-electron chi connectivity index (χ3n) is 6.40. The molecule has 1 saturated carbocycles. The maximum absolute atomic E-state index is 13.4. The second-order valence-corrected chi connectivity index (χ2v) is 10.00. The summed E-state index contributed by atoms with van der Waals surface area (Å²) in [7, 11) is -3.63. The molecule has 0 spiro atoms. The van der Waals surface area contributed by atoms with Gasteiger partial charge in [-0.15, -0.1) is 0 Å². The zero-order valence-corrected chi connectivity index (χ0v) is 17.8. The summed E-state index contributed by atoms with van der Waals surface area (Å²) in [6.45, 7) is 4.56. The van der Waals surface area contributed by atoms with E-state index in [4.69, 9.17) is 0 Å². The standard InChI is InChI=1S/C22H27N5O2S/c28-30(29,21-8-6-18(7-9-21)19-3-2-10-23-17-19)27-12-11-24-22(27)26-15-13-25(14-16-26)20-4-1-5-20/h2-3,6-10,17,20H,1,4-5,11-16H2. The molecule has 0 atom stereocenters. The van der Waals surface area contributed by atoms with Crippen LogP contribution < -0.4 is 0 Å². The topological polar surface area (TPSA) is 69.1 Å². The van der Waals surface area contributed by atoms with Gasteiger partial charge in [0.25, 0.3) is 10.0 Å². The molecule has 3 aliphatic rings. The van der Waals surface area contributed by atoms with Crippen molar-refractivity contribution < 1.29 is 8.42 Å². The van der Waals surface area contributed by atoms with E-state index in [0.717, 1.165) is 43.3 Å². The maximum atomic E-state index is 13.4. The molecule has 2 aliphatic heterocycles. The average Bonchev–Trinajstić information content (AvgIpc) is 3.25. The largest absolute Gasteiger partial charge is 0.339 e. The summed E-state index contributed by atoms with van der Waals surface area (Å²) in [6.07, 6.45) is 7.44. The summed E-state index contributed by atoms with van der Waals surface area (Å²) in [5.74, 6) is 0.611. The van der Waals surface area contributed by atoms with Crippen LogP contribution in [0, 0.1) is 0 Å². The summed E-state index contributed by atoms with van der Waals surface area (Å²) >= 11 is 0. The Morgan fingerprint density at radius 2 is 1.67 bits per heavy atom. The molecule has 0 unspecified atom stereocenters. The minimum absolute atomic E-state index is 0.304. The molecule has 1 aromatic heterocycles. The minimum atomic E-state index is -3.63. The van der Waals surface area contributed by atoms with Crippen LogP contribution in [0.3, 0.4) is 0 Å². The zero-order valence-electron chi connectivity index (χ0n) is 17.0. The highest BCUT2D eigenvalue weighted by molar-refractivity contribution is 7.89. The van der Waals surface area contributed by atoms with E-state index < -0.39 is 10.0 Å². The Bertz CT molecular complexity index is 1010. The van der Waals surface area contributed by atoms with E-state index in [2.05, 4.69) is 19.8 Å². The van der Waals surface area contributed by atoms with E-state index in [1.165, 1.54) is 23.6 Å². The van der Waals surface area contributed by atoms with E-state index >= 15 is 0 Å². The smallest absolute Gasteiger partial charge is 0.266 e. The van der Waals surface area contributed by atoms with Crippen molar-refractivity contribution in [2.75, 3.05) is 39.3 Å². The Kier molecular flexibility index (Phi) is 5.20. The second-order valence-electron chi connectivity index (χ2n) is 8.13. The van der Waals surface area contributed by atoms with Crippen molar-refractivity contribution in [3.05, 3.63) is 48.8 Å². The number of benzene rings is 1. The molecule has 0 amide bonds. The highest BCUT2D eigenvalue weighted by Crippen LogP contribution is 2.27. The number of rotatable bonds is 4. The van der Waals surface area contributed by atoms with E-state index in [0.29, 0.717) is 23.9 Å². The molecule has 2 fully saturated rings. The molecule has 1 aromatic carbocycles. The lowest BCUT2D eigenvalue weighted by Gasteiger charge is -2.44. The van der Waals surface area contributed by atoms with Gasteiger partial charge in [0.15, 0.2) is 0 Å². The molecule has 7 nitrogen and oxygen atoms in total. The van der Waals surface area contributed by atoms with Gasteiger partial charge in [0, 0.05) is 44.6 Å². The Hall–Kier alpha value is -2.45. The van der Waals surface area contributed by atoms with Crippen molar-refractivity contribution in [3.63, 3.8) is 0 Å². The van der Waals surface area contributed by atoms with Gasteiger partial charge >= 0.3 is 0 Å². The van der Waals surface area contributed by atoms with Crippen LogP contribution in [0.5, 0.6) is 0 Å². The predicted molar refractivity (Wildman–Crippen MR) is 117 cm³/mol. The molecule has 0 bridgehead atoms. The van der Waals surface area contributed by atoms with Gasteiger partial charge in [0.1, 0.15) is 0 Å². The molecule has 30 heavy (non-hydrogen) atoms. The van der Waals surface area contributed by atoms with Gasteiger partial charge in [-0.1, -0.05) is 24.6 Å². The SMILES string of the molecule is O=S(=O)(c1ccc(-c2cccnc2)cc1)N1CCN=C1N1CCN(C2CCC2)CC1. The second kappa shape index (κ2) is 8.00. The van der Waals surface area contributed by atoms with Crippen LogP contribution >= 0.6 is 0 Å². The van der Waals surface area contributed by atoms with E-state index in [1.807, 2.05) is 24.3 Å². The number of nitrogens with zero attached hydrogens (tertiary/aromatic N) is 5. The van der Waals surface area contributed by atoms with Crippen LogP contribution in [-0.4, -0.2) is 78.8 Å². The highest BCUT2D eigenvalue weighted by Gasteiger charge is 2.36. The number of sulfonamides is 1. The van der Waals surface area contributed by atoms with Gasteiger partial charge in [0.05, 0.1) is 18.0 Å². The lowest BCUT2D eigenvalue weighted by atomic mass is 9.91. The lowest BCUT2D eigenvalue weighted by Crippen LogP contribution is -2.56. The Morgan fingerprint density at radius 3 is 2.30 bits per heavy atom. The monoisotopic (exact) mass is 425 g/mol. The van der Waals surface area contributed by atoms with Crippen LogP contribution in [-0.2, 0) is 10.0 Å². The summed E-state index contributed by atoms with van der Waals surface area (Å²) < 4.78 is 28.2. The third-order valence-corrected chi connectivity index (χ3v) is 8.20.